The Bertz CT molecular complexity index is 1950. The first-order valence-corrected chi connectivity index (χ1v) is 16.4. The summed E-state index contributed by atoms with van der Waals surface area (Å²) in [4.78, 5) is 22.0. The Balaban J connectivity index is 1.54. The third-order valence-electron chi connectivity index (χ3n) is 8.75. The standard InChI is InChI=1S/C42H40N6/c1-41(2,3)39-35-13-11-32(48(30-17-23-44-24-18-30)34-10-8-20-46-28-34)26-38(35)40(42(4,5)6)36-14-12-31(25-37(36)39)47(29-15-21-43-22-16-29)33-9-7-19-45-27-33/h7-28H,1-6H3. The average molecular weight is 629 g/mol. The van der Waals surface area contributed by atoms with E-state index in [2.05, 4.69) is 120 Å². The van der Waals surface area contributed by atoms with Crippen LogP contribution in [0.15, 0.2) is 135 Å². The molecule has 238 valence electrons. The lowest BCUT2D eigenvalue weighted by Gasteiger charge is -2.33. The zero-order valence-electron chi connectivity index (χ0n) is 28.4. The Kier molecular flexibility index (Phi) is 7.88. The van der Waals surface area contributed by atoms with E-state index < -0.39 is 0 Å². The molecular formula is C42H40N6. The molecule has 0 fully saturated rings. The monoisotopic (exact) mass is 628 g/mol. The van der Waals surface area contributed by atoms with Crippen LogP contribution in [0.5, 0.6) is 0 Å². The highest BCUT2D eigenvalue weighted by Crippen LogP contribution is 2.47. The number of pyridine rings is 4. The van der Waals surface area contributed by atoms with Gasteiger partial charge in [-0.15, -0.1) is 0 Å². The van der Waals surface area contributed by atoms with E-state index >= 15 is 0 Å². The van der Waals surface area contributed by atoms with E-state index in [4.69, 9.17) is 0 Å². The SMILES string of the molecule is CC(C)(C)c1c2ccc(N(c3ccncc3)c3cccnc3)cc2c(C(C)(C)C)c2ccc(N(c3ccncc3)c3cccnc3)cc12. The number of fused-ring (bicyclic) bond motifs is 2. The van der Waals surface area contributed by atoms with Gasteiger partial charge in [0, 0.05) is 59.9 Å². The van der Waals surface area contributed by atoms with Gasteiger partial charge in [0.2, 0.25) is 0 Å². The molecule has 6 nitrogen and oxygen atoms in total. The highest BCUT2D eigenvalue weighted by molar-refractivity contribution is 6.09. The lowest BCUT2D eigenvalue weighted by atomic mass is 9.74. The molecule has 0 N–H and O–H groups in total. The maximum absolute atomic E-state index is 4.46. The van der Waals surface area contributed by atoms with Crippen molar-refractivity contribution in [3.05, 3.63) is 146 Å². The van der Waals surface area contributed by atoms with Crippen molar-refractivity contribution in [3.63, 3.8) is 0 Å². The Morgan fingerprint density at radius 1 is 0.375 bits per heavy atom. The molecule has 3 aromatic carbocycles. The van der Waals surface area contributed by atoms with E-state index in [0.29, 0.717) is 0 Å². The van der Waals surface area contributed by atoms with Crippen molar-refractivity contribution in [2.45, 2.75) is 52.4 Å². The van der Waals surface area contributed by atoms with Crippen LogP contribution in [-0.2, 0) is 10.8 Å². The molecule has 6 heteroatoms. The van der Waals surface area contributed by atoms with Gasteiger partial charge < -0.3 is 9.80 Å². The van der Waals surface area contributed by atoms with Gasteiger partial charge in [0.25, 0.3) is 0 Å². The van der Waals surface area contributed by atoms with Crippen molar-refractivity contribution in [1.29, 1.82) is 0 Å². The Labute approximate surface area is 282 Å². The third-order valence-corrected chi connectivity index (χ3v) is 8.75. The van der Waals surface area contributed by atoms with E-state index in [-0.39, 0.29) is 10.8 Å². The largest absolute Gasteiger partial charge is 0.309 e. The van der Waals surface area contributed by atoms with Crippen molar-refractivity contribution in [3.8, 4) is 0 Å². The van der Waals surface area contributed by atoms with Crippen LogP contribution < -0.4 is 9.80 Å². The van der Waals surface area contributed by atoms with Crippen molar-refractivity contribution in [2.75, 3.05) is 9.80 Å². The molecule has 0 amide bonds. The predicted octanol–water partition coefficient (Wildman–Crippen LogP) is 11.1. The summed E-state index contributed by atoms with van der Waals surface area (Å²) in [7, 11) is 0. The quantitative estimate of drug-likeness (QED) is 0.171. The van der Waals surface area contributed by atoms with Crippen molar-refractivity contribution in [2.24, 2.45) is 0 Å². The highest BCUT2D eigenvalue weighted by atomic mass is 15.2. The number of rotatable bonds is 6. The van der Waals surface area contributed by atoms with Crippen LogP contribution in [0, 0.1) is 0 Å². The predicted molar refractivity (Wildman–Crippen MR) is 199 cm³/mol. The minimum absolute atomic E-state index is 0.142. The van der Waals surface area contributed by atoms with E-state index in [0.717, 1.165) is 34.1 Å². The van der Waals surface area contributed by atoms with Gasteiger partial charge in [-0.3, -0.25) is 19.9 Å². The molecule has 0 aliphatic heterocycles. The smallest absolute Gasteiger partial charge is 0.0644 e. The lowest BCUT2D eigenvalue weighted by Crippen LogP contribution is -2.18. The van der Waals surface area contributed by atoms with Crippen LogP contribution in [0.3, 0.4) is 0 Å². The van der Waals surface area contributed by atoms with Gasteiger partial charge in [-0.1, -0.05) is 53.7 Å². The third kappa shape index (κ3) is 5.75. The first kappa shape index (κ1) is 31.0. The second kappa shape index (κ2) is 12.2. The minimum atomic E-state index is -0.142. The number of anilines is 6. The topological polar surface area (TPSA) is 58.0 Å². The molecule has 7 aromatic rings. The van der Waals surface area contributed by atoms with Crippen molar-refractivity contribution in [1.82, 2.24) is 19.9 Å². The van der Waals surface area contributed by atoms with Crippen LogP contribution in [0.1, 0.15) is 52.7 Å². The summed E-state index contributed by atoms with van der Waals surface area (Å²) in [5.74, 6) is 0. The van der Waals surface area contributed by atoms with Gasteiger partial charge in [0.1, 0.15) is 0 Å². The van der Waals surface area contributed by atoms with Crippen LogP contribution in [0.2, 0.25) is 0 Å². The summed E-state index contributed by atoms with van der Waals surface area (Å²) in [6.07, 6.45) is 14.8. The summed E-state index contributed by atoms with van der Waals surface area (Å²) in [6.45, 7) is 13.9. The summed E-state index contributed by atoms with van der Waals surface area (Å²) in [5.41, 5.74) is 8.56. The molecule has 48 heavy (non-hydrogen) atoms. The number of hydrogen-bond donors (Lipinski definition) is 0. The highest BCUT2D eigenvalue weighted by Gasteiger charge is 2.29. The van der Waals surface area contributed by atoms with Crippen molar-refractivity contribution < 1.29 is 0 Å². The van der Waals surface area contributed by atoms with Gasteiger partial charge in [-0.2, -0.15) is 0 Å². The zero-order valence-corrected chi connectivity index (χ0v) is 28.4. The maximum Gasteiger partial charge on any atom is 0.0644 e. The lowest BCUT2D eigenvalue weighted by molar-refractivity contribution is 0.593. The first-order valence-electron chi connectivity index (χ1n) is 16.4. The second-order valence-electron chi connectivity index (χ2n) is 14.2. The maximum atomic E-state index is 4.46. The summed E-state index contributed by atoms with van der Waals surface area (Å²) >= 11 is 0. The van der Waals surface area contributed by atoms with E-state index in [1.807, 2.05) is 86.0 Å². The van der Waals surface area contributed by atoms with Gasteiger partial charge in [-0.25, -0.2) is 0 Å². The van der Waals surface area contributed by atoms with Gasteiger partial charge >= 0.3 is 0 Å². The van der Waals surface area contributed by atoms with E-state index in [1.165, 1.54) is 32.7 Å². The molecule has 0 radical (unpaired) electrons. The van der Waals surface area contributed by atoms with Crippen LogP contribution in [0.25, 0.3) is 21.5 Å². The molecule has 0 aliphatic rings. The average Bonchev–Trinajstić information content (AvgIpc) is 3.08. The molecule has 0 spiro atoms. The minimum Gasteiger partial charge on any atom is -0.309 e. The normalized spacial score (nSPS) is 12.0. The molecular weight excluding hydrogens is 589 g/mol. The molecule has 7 rings (SSSR count). The van der Waals surface area contributed by atoms with Crippen LogP contribution in [0.4, 0.5) is 34.1 Å². The van der Waals surface area contributed by atoms with Gasteiger partial charge in [0.05, 0.1) is 23.8 Å². The molecule has 0 bridgehead atoms. The molecule has 4 aromatic heterocycles. The number of nitrogens with zero attached hydrogens (tertiary/aromatic N) is 6. The zero-order chi connectivity index (χ0) is 33.5. The molecule has 4 heterocycles. The van der Waals surface area contributed by atoms with E-state index in [1.54, 1.807) is 0 Å². The Morgan fingerprint density at radius 2 is 0.771 bits per heavy atom. The van der Waals surface area contributed by atoms with Gasteiger partial charge in [0.15, 0.2) is 0 Å². The molecule has 0 aliphatic carbocycles. The fourth-order valence-corrected chi connectivity index (χ4v) is 6.95. The van der Waals surface area contributed by atoms with Crippen LogP contribution in [-0.4, -0.2) is 19.9 Å². The molecule has 0 saturated heterocycles. The molecule has 0 saturated carbocycles. The fraction of sp³-hybridized carbons (Fsp3) is 0.190. The van der Waals surface area contributed by atoms with Crippen LogP contribution >= 0.6 is 0 Å². The number of benzene rings is 3. The number of aromatic nitrogens is 4. The Hall–Kier alpha value is -5.62. The number of hydrogen-bond acceptors (Lipinski definition) is 6. The fourth-order valence-electron chi connectivity index (χ4n) is 6.95. The summed E-state index contributed by atoms with van der Waals surface area (Å²) in [6, 6.07) is 30.2. The second-order valence-corrected chi connectivity index (χ2v) is 14.2. The molecule has 0 unspecified atom stereocenters. The molecule has 0 atom stereocenters. The van der Waals surface area contributed by atoms with Gasteiger partial charge in [-0.05, 0) is 116 Å². The summed E-state index contributed by atoms with van der Waals surface area (Å²) < 4.78 is 0. The first-order chi connectivity index (χ1) is 23.1. The summed E-state index contributed by atoms with van der Waals surface area (Å²) in [5, 5.41) is 5.04. The van der Waals surface area contributed by atoms with Crippen molar-refractivity contribution >= 4 is 55.7 Å². The van der Waals surface area contributed by atoms with E-state index in [9.17, 15) is 0 Å². The Morgan fingerprint density at radius 3 is 1.10 bits per heavy atom.